The molecule has 0 radical (unpaired) electrons. The molecule has 1 aromatic carbocycles. The first kappa shape index (κ1) is 14.2. The van der Waals surface area contributed by atoms with Crippen LogP contribution < -0.4 is 5.69 Å². The second-order valence-corrected chi connectivity index (χ2v) is 4.93. The van der Waals surface area contributed by atoms with E-state index in [4.69, 9.17) is 0 Å². The summed E-state index contributed by atoms with van der Waals surface area (Å²) in [7, 11) is 1.64. The Hall–Kier alpha value is -2.17. The first-order valence-electron chi connectivity index (χ1n) is 6.67. The van der Waals surface area contributed by atoms with Crippen LogP contribution in [0.1, 0.15) is 41.2 Å². The topological polar surface area (TPSA) is 56.9 Å². The predicted molar refractivity (Wildman–Crippen MR) is 77.1 cm³/mol. The molecule has 0 aliphatic rings. The minimum Gasteiger partial charge on any atom is -0.295 e. The van der Waals surface area contributed by atoms with Crippen molar-refractivity contribution < 1.29 is 4.79 Å². The standard InChI is InChI=1S/C15H19N3O2/c1-5-12-6-7-13(10(2)19)8-14(12)9-18-11(3)16-17(4)15(18)20/h6-8H,5,9H2,1-4H3. The fourth-order valence-electron chi connectivity index (χ4n) is 2.32. The van der Waals surface area contributed by atoms with E-state index in [1.807, 2.05) is 25.1 Å². The maximum Gasteiger partial charge on any atom is 0.345 e. The summed E-state index contributed by atoms with van der Waals surface area (Å²) in [6.07, 6.45) is 0.863. The lowest BCUT2D eigenvalue weighted by molar-refractivity contribution is 0.101. The third-order valence-electron chi connectivity index (χ3n) is 3.52. The number of hydrogen-bond acceptors (Lipinski definition) is 3. The molecule has 0 unspecified atom stereocenters. The van der Waals surface area contributed by atoms with Crippen molar-refractivity contribution in [1.82, 2.24) is 14.3 Å². The van der Waals surface area contributed by atoms with Gasteiger partial charge >= 0.3 is 5.69 Å². The summed E-state index contributed by atoms with van der Waals surface area (Å²) < 4.78 is 2.95. The Morgan fingerprint density at radius 1 is 1.30 bits per heavy atom. The number of aromatic nitrogens is 3. The molecule has 5 nitrogen and oxygen atoms in total. The van der Waals surface area contributed by atoms with Crippen LogP contribution in [0.15, 0.2) is 23.0 Å². The molecule has 0 saturated heterocycles. The zero-order valence-electron chi connectivity index (χ0n) is 12.3. The number of hydrogen-bond donors (Lipinski definition) is 0. The Bertz CT molecular complexity index is 710. The molecule has 0 N–H and O–H groups in total. The smallest absolute Gasteiger partial charge is 0.295 e. The van der Waals surface area contributed by atoms with Gasteiger partial charge in [0.1, 0.15) is 5.82 Å². The Morgan fingerprint density at radius 3 is 2.50 bits per heavy atom. The summed E-state index contributed by atoms with van der Waals surface area (Å²) in [5, 5.41) is 4.12. The summed E-state index contributed by atoms with van der Waals surface area (Å²) in [6.45, 7) is 5.86. The Balaban J connectivity index is 2.49. The average Bonchev–Trinajstić information content (AvgIpc) is 2.65. The highest BCUT2D eigenvalue weighted by atomic mass is 16.2. The van der Waals surface area contributed by atoms with E-state index >= 15 is 0 Å². The van der Waals surface area contributed by atoms with Crippen LogP contribution in [-0.4, -0.2) is 20.1 Å². The van der Waals surface area contributed by atoms with Crippen molar-refractivity contribution in [2.75, 3.05) is 0 Å². The number of ketones is 1. The maximum absolute atomic E-state index is 12.0. The van der Waals surface area contributed by atoms with Gasteiger partial charge in [0.05, 0.1) is 6.54 Å². The monoisotopic (exact) mass is 273 g/mol. The van der Waals surface area contributed by atoms with E-state index in [1.54, 1.807) is 18.5 Å². The average molecular weight is 273 g/mol. The SMILES string of the molecule is CCc1ccc(C(C)=O)cc1Cn1c(C)nn(C)c1=O. The van der Waals surface area contributed by atoms with Crippen molar-refractivity contribution in [1.29, 1.82) is 0 Å². The molecule has 5 heteroatoms. The van der Waals surface area contributed by atoms with Gasteiger partial charge in [0, 0.05) is 12.6 Å². The van der Waals surface area contributed by atoms with E-state index in [9.17, 15) is 9.59 Å². The molecular weight excluding hydrogens is 254 g/mol. The lowest BCUT2D eigenvalue weighted by atomic mass is 10.0. The molecular formula is C15H19N3O2. The van der Waals surface area contributed by atoms with Gasteiger partial charge in [-0.2, -0.15) is 5.10 Å². The third-order valence-corrected chi connectivity index (χ3v) is 3.52. The van der Waals surface area contributed by atoms with Crippen LogP contribution in [0.2, 0.25) is 0 Å². The van der Waals surface area contributed by atoms with Crippen molar-refractivity contribution in [3.8, 4) is 0 Å². The van der Waals surface area contributed by atoms with E-state index in [1.165, 1.54) is 4.68 Å². The van der Waals surface area contributed by atoms with Crippen molar-refractivity contribution in [2.45, 2.75) is 33.7 Å². The number of carbonyl (C=O) groups excluding carboxylic acids is 1. The molecule has 0 aliphatic heterocycles. The second kappa shape index (κ2) is 5.45. The van der Waals surface area contributed by atoms with Gasteiger partial charge in [0.25, 0.3) is 0 Å². The molecule has 0 atom stereocenters. The van der Waals surface area contributed by atoms with Gasteiger partial charge in [0.2, 0.25) is 0 Å². The third kappa shape index (κ3) is 2.57. The van der Waals surface area contributed by atoms with Crippen LogP contribution in [-0.2, 0) is 20.0 Å². The van der Waals surface area contributed by atoms with Crippen LogP contribution in [0, 0.1) is 6.92 Å². The summed E-state index contributed by atoms with van der Waals surface area (Å²) in [5.74, 6) is 0.705. The van der Waals surface area contributed by atoms with Crippen LogP contribution in [0.25, 0.3) is 0 Å². The summed E-state index contributed by atoms with van der Waals surface area (Å²) >= 11 is 0. The van der Waals surface area contributed by atoms with E-state index in [-0.39, 0.29) is 11.5 Å². The Kier molecular flexibility index (Phi) is 3.88. The number of rotatable bonds is 4. The van der Waals surface area contributed by atoms with Crippen LogP contribution in [0.3, 0.4) is 0 Å². The van der Waals surface area contributed by atoms with Crippen LogP contribution >= 0.6 is 0 Å². The minimum atomic E-state index is -0.141. The largest absolute Gasteiger partial charge is 0.345 e. The van der Waals surface area contributed by atoms with Crippen molar-refractivity contribution >= 4 is 5.78 Å². The Labute approximate surface area is 117 Å². The molecule has 0 aliphatic carbocycles. The zero-order chi connectivity index (χ0) is 14.9. The lowest BCUT2D eigenvalue weighted by Gasteiger charge is -2.10. The molecule has 2 aromatic rings. The molecule has 0 fully saturated rings. The van der Waals surface area contributed by atoms with Gasteiger partial charge in [-0.1, -0.05) is 19.1 Å². The predicted octanol–water partition coefficient (Wildman–Crippen LogP) is 1.70. The number of carbonyl (C=O) groups is 1. The maximum atomic E-state index is 12.0. The molecule has 0 bridgehead atoms. The fourth-order valence-corrected chi connectivity index (χ4v) is 2.32. The first-order valence-corrected chi connectivity index (χ1v) is 6.67. The Morgan fingerprint density at radius 2 is 2.00 bits per heavy atom. The first-order chi connectivity index (χ1) is 9.43. The van der Waals surface area contributed by atoms with Crippen molar-refractivity contribution in [3.05, 3.63) is 51.2 Å². The molecule has 2 rings (SSSR count). The van der Waals surface area contributed by atoms with E-state index in [0.717, 1.165) is 17.5 Å². The van der Waals surface area contributed by atoms with Gasteiger partial charge in [-0.15, -0.1) is 0 Å². The van der Waals surface area contributed by atoms with Crippen molar-refractivity contribution in [3.63, 3.8) is 0 Å². The van der Waals surface area contributed by atoms with Crippen LogP contribution in [0.4, 0.5) is 0 Å². The normalized spacial score (nSPS) is 10.8. The number of Topliss-reactive ketones (excluding diaryl/α,β-unsaturated/α-hetero) is 1. The highest BCUT2D eigenvalue weighted by Crippen LogP contribution is 2.15. The minimum absolute atomic E-state index is 0.0316. The highest BCUT2D eigenvalue weighted by molar-refractivity contribution is 5.94. The van der Waals surface area contributed by atoms with E-state index in [2.05, 4.69) is 12.0 Å². The number of aryl methyl sites for hydroxylation is 3. The summed E-state index contributed by atoms with van der Waals surface area (Å²) in [6, 6.07) is 5.67. The molecule has 106 valence electrons. The molecule has 0 saturated carbocycles. The molecule has 0 spiro atoms. The molecule has 20 heavy (non-hydrogen) atoms. The second-order valence-electron chi connectivity index (χ2n) is 4.93. The lowest BCUT2D eigenvalue weighted by Crippen LogP contribution is -2.24. The van der Waals surface area contributed by atoms with Gasteiger partial charge in [-0.25, -0.2) is 9.48 Å². The van der Waals surface area contributed by atoms with E-state index < -0.39 is 0 Å². The highest BCUT2D eigenvalue weighted by Gasteiger charge is 2.11. The summed E-state index contributed by atoms with van der Waals surface area (Å²) in [5.41, 5.74) is 2.67. The molecule has 1 heterocycles. The van der Waals surface area contributed by atoms with Gasteiger partial charge in [-0.3, -0.25) is 9.36 Å². The van der Waals surface area contributed by atoms with Crippen LogP contribution in [0.5, 0.6) is 0 Å². The number of nitrogens with zero attached hydrogens (tertiary/aromatic N) is 3. The van der Waals surface area contributed by atoms with Gasteiger partial charge < -0.3 is 0 Å². The van der Waals surface area contributed by atoms with Gasteiger partial charge in [-0.05, 0) is 37.5 Å². The number of benzene rings is 1. The summed E-state index contributed by atoms with van der Waals surface area (Å²) in [4.78, 5) is 23.5. The zero-order valence-corrected chi connectivity index (χ0v) is 12.3. The molecule has 1 aromatic heterocycles. The quantitative estimate of drug-likeness (QED) is 0.797. The molecule has 0 amide bonds. The fraction of sp³-hybridized carbons (Fsp3) is 0.400. The van der Waals surface area contributed by atoms with Gasteiger partial charge in [0.15, 0.2) is 5.78 Å². The van der Waals surface area contributed by atoms with E-state index in [0.29, 0.717) is 17.9 Å². The van der Waals surface area contributed by atoms with Crippen molar-refractivity contribution in [2.24, 2.45) is 7.05 Å².